The van der Waals surface area contributed by atoms with Crippen LogP contribution in [0.2, 0.25) is 0 Å². The molecule has 1 N–H and O–H groups in total. The van der Waals surface area contributed by atoms with E-state index in [1.165, 1.54) is 23.0 Å². The zero-order valence-electron chi connectivity index (χ0n) is 11.2. The van der Waals surface area contributed by atoms with Crippen molar-refractivity contribution >= 4 is 18.4 Å². The van der Waals surface area contributed by atoms with E-state index in [0.29, 0.717) is 5.56 Å². The molecule has 3 aromatic rings. The summed E-state index contributed by atoms with van der Waals surface area (Å²) in [6.45, 7) is 0. The first kappa shape index (κ1) is 14.3. The highest BCUT2D eigenvalue weighted by atomic mass is 32.1. The largest absolute Gasteiger partial charge is 0.250 e. The molecule has 0 spiro atoms. The molecule has 0 unspecified atom stereocenters. The summed E-state index contributed by atoms with van der Waals surface area (Å²) in [6.07, 6.45) is 1.31. The molecule has 2 aromatic carbocycles. The first-order valence-electron chi connectivity index (χ1n) is 6.38. The third-order valence-corrected chi connectivity index (χ3v) is 3.25. The Bertz CT molecular complexity index is 898. The van der Waals surface area contributed by atoms with Crippen molar-refractivity contribution < 1.29 is 8.78 Å². The minimum Gasteiger partial charge on any atom is -0.250 e. The first-order valence-corrected chi connectivity index (χ1v) is 6.79. The lowest BCUT2D eigenvalue weighted by Gasteiger charge is -2.02. The number of halogens is 2. The quantitative estimate of drug-likeness (QED) is 0.590. The summed E-state index contributed by atoms with van der Waals surface area (Å²) >= 11 is 5.08. The van der Waals surface area contributed by atoms with E-state index in [1.807, 2.05) is 0 Å². The highest BCUT2D eigenvalue weighted by Gasteiger charge is 2.12. The van der Waals surface area contributed by atoms with E-state index >= 15 is 0 Å². The monoisotopic (exact) mass is 316 g/mol. The molecule has 0 bridgehead atoms. The average molecular weight is 316 g/mol. The van der Waals surface area contributed by atoms with Crippen LogP contribution in [0.15, 0.2) is 53.6 Å². The van der Waals surface area contributed by atoms with Gasteiger partial charge in [-0.2, -0.15) is 14.9 Å². The van der Waals surface area contributed by atoms with Crippen molar-refractivity contribution in [2.45, 2.75) is 0 Å². The van der Waals surface area contributed by atoms with Gasteiger partial charge in [0.25, 0.3) is 0 Å². The molecular weight excluding hydrogens is 306 g/mol. The molecule has 0 saturated heterocycles. The minimum atomic E-state index is -0.446. The van der Waals surface area contributed by atoms with Crippen LogP contribution in [0.25, 0.3) is 11.4 Å². The topological polar surface area (TPSA) is 46.0 Å². The van der Waals surface area contributed by atoms with E-state index in [9.17, 15) is 8.78 Å². The summed E-state index contributed by atoms with van der Waals surface area (Å²) in [5.74, 6) is -0.636. The smallest absolute Gasteiger partial charge is 0.216 e. The van der Waals surface area contributed by atoms with E-state index in [4.69, 9.17) is 12.2 Å². The van der Waals surface area contributed by atoms with Gasteiger partial charge in [0.15, 0.2) is 5.82 Å². The van der Waals surface area contributed by atoms with Crippen molar-refractivity contribution in [1.82, 2.24) is 14.9 Å². The SMILES string of the molecule is Fc1ccccc1/C=N\n1c(-c2ccccc2F)n[nH]c1=S. The number of aromatic amines is 1. The molecule has 0 aliphatic carbocycles. The van der Waals surface area contributed by atoms with Gasteiger partial charge in [-0.15, -0.1) is 0 Å². The van der Waals surface area contributed by atoms with Crippen LogP contribution in [0.5, 0.6) is 0 Å². The van der Waals surface area contributed by atoms with Crippen molar-refractivity contribution in [2.24, 2.45) is 5.10 Å². The zero-order chi connectivity index (χ0) is 15.5. The second-order valence-electron chi connectivity index (χ2n) is 4.41. The van der Waals surface area contributed by atoms with Crippen molar-refractivity contribution in [3.8, 4) is 11.4 Å². The Hall–Kier alpha value is -2.67. The van der Waals surface area contributed by atoms with E-state index in [0.717, 1.165) is 0 Å². The predicted molar refractivity (Wildman–Crippen MR) is 82.2 cm³/mol. The molecule has 4 nitrogen and oxygen atoms in total. The maximum atomic E-state index is 13.9. The maximum Gasteiger partial charge on any atom is 0.216 e. The van der Waals surface area contributed by atoms with Crippen LogP contribution in [0.4, 0.5) is 8.78 Å². The van der Waals surface area contributed by atoms with Crippen LogP contribution in [0.1, 0.15) is 5.56 Å². The number of hydrogen-bond donors (Lipinski definition) is 1. The minimum absolute atomic E-state index is 0.186. The van der Waals surface area contributed by atoms with Gasteiger partial charge >= 0.3 is 0 Å². The molecule has 7 heteroatoms. The number of benzene rings is 2. The molecule has 110 valence electrons. The summed E-state index contributed by atoms with van der Waals surface area (Å²) in [5.41, 5.74) is 0.547. The Morgan fingerprint density at radius 3 is 2.45 bits per heavy atom. The Labute approximate surface area is 129 Å². The Morgan fingerprint density at radius 1 is 1.05 bits per heavy atom. The van der Waals surface area contributed by atoms with Crippen LogP contribution in [-0.2, 0) is 0 Å². The molecule has 1 heterocycles. The highest BCUT2D eigenvalue weighted by Crippen LogP contribution is 2.20. The molecule has 0 atom stereocenters. The van der Waals surface area contributed by atoms with Gasteiger partial charge in [0.1, 0.15) is 11.6 Å². The van der Waals surface area contributed by atoms with Gasteiger partial charge in [0, 0.05) is 5.56 Å². The highest BCUT2D eigenvalue weighted by molar-refractivity contribution is 7.71. The van der Waals surface area contributed by atoms with Crippen LogP contribution in [-0.4, -0.2) is 21.1 Å². The molecule has 0 aliphatic rings. The third kappa shape index (κ3) is 2.71. The Kier molecular flexibility index (Phi) is 3.88. The van der Waals surface area contributed by atoms with Gasteiger partial charge in [0.05, 0.1) is 11.8 Å². The van der Waals surface area contributed by atoms with E-state index in [-0.39, 0.29) is 16.2 Å². The Morgan fingerprint density at radius 2 is 1.73 bits per heavy atom. The van der Waals surface area contributed by atoms with Gasteiger partial charge in [-0.1, -0.05) is 30.3 Å². The van der Waals surface area contributed by atoms with Crippen molar-refractivity contribution in [3.63, 3.8) is 0 Å². The molecule has 0 aliphatic heterocycles. The molecule has 0 amide bonds. The number of hydrogen-bond acceptors (Lipinski definition) is 3. The van der Waals surface area contributed by atoms with Crippen LogP contribution < -0.4 is 0 Å². The normalized spacial score (nSPS) is 11.2. The van der Waals surface area contributed by atoms with E-state index < -0.39 is 11.6 Å². The van der Waals surface area contributed by atoms with Crippen molar-refractivity contribution in [3.05, 3.63) is 70.5 Å². The molecule has 3 rings (SSSR count). The summed E-state index contributed by atoms with van der Waals surface area (Å²) in [5, 5.41) is 10.6. The van der Waals surface area contributed by atoms with Gasteiger partial charge in [-0.05, 0) is 30.4 Å². The van der Waals surface area contributed by atoms with Crippen LogP contribution in [0, 0.1) is 16.4 Å². The standard InChI is InChI=1S/C15H10F2N4S/c16-12-7-3-1-5-10(12)9-18-21-14(19-20-15(21)22)11-6-2-4-8-13(11)17/h1-9H,(H,20,22)/b18-9-. The molecular formula is C15H10F2N4S. The molecule has 0 fully saturated rings. The third-order valence-electron chi connectivity index (χ3n) is 2.98. The second-order valence-corrected chi connectivity index (χ2v) is 4.80. The number of rotatable bonds is 3. The second kappa shape index (κ2) is 5.98. The van der Waals surface area contributed by atoms with Gasteiger partial charge in [-0.25, -0.2) is 13.9 Å². The summed E-state index contributed by atoms with van der Waals surface area (Å²) in [7, 11) is 0. The lowest BCUT2D eigenvalue weighted by Crippen LogP contribution is -1.97. The van der Waals surface area contributed by atoms with Gasteiger partial charge < -0.3 is 0 Å². The van der Waals surface area contributed by atoms with Gasteiger partial charge in [-0.3, -0.25) is 0 Å². The number of H-pyrrole nitrogens is 1. The molecule has 0 radical (unpaired) electrons. The maximum absolute atomic E-state index is 13.9. The van der Waals surface area contributed by atoms with Crippen molar-refractivity contribution in [2.75, 3.05) is 0 Å². The number of aromatic nitrogens is 3. The number of nitrogens with zero attached hydrogens (tertiary/aromatic N) is 3. The summed E-state index contributed by atoms with van der Waals surface area (Å²) in [6, 6.07) is 12.3. The molecule has 1 aromatic heterocycles. The zero-order valence-corrected chi connectivity index (χ0v) is 12.0. The van der Waals surface area contributed by atoms with Crippen molar-refractivity contribution in [1.29, 1.82) is 0 Å². The molecule has 0 saturated carbocycles. The fourth-order valence-corrected chi connectivity index (χ4v) is 2.09. The fraction of sp³-hybridized carbons (Fsp3) is 0. The van der Waals surface area contributed by atoms with Crippen LogP contribution >= 0.6 is 12.2 Å². The lowest BCUT2D eigenvalue weighted by atomic mass is 10.2. The fourth-order valence-electron chi connectivity index (χ4n) is 1.92. The lowest BCUT2D eigenvalue weighted by molar-refractivity contribution is 0.625. The van der Waals surface area contributed by atoms with Crippen LogP contribution in [0.3, 0.4) is 0 Å². The Balaban J connectivity index is 2.06. The average Bonchev–Trinajstić information content (AvgIpc) is 2.88. The summed E-state index contributed by atoms with van der Waals surface area (Å²) in [4.78, 5) is 0. The molecule has 22 heavy (non-hydrogen) atoms. The van der Waals surface area contributed by atoms with E-state index in [2.05, 4.69) is 15.3 Å². The number of nitrogens with one attached hydrogen (secondary N) is 1. The van der Waals surface area contributed by atoms with E-state index in [1.54, 1.807) is 36.4 Å². The summed E-state index contributed by atoms with van der Waals surface area (Å²) < 4.78 is 28.9. The first-order chi connectivity index (χ1) is 10.7. The predicted octanol–water partition coefficient (Wildman–Crippen LogP) is 3.77. The van der Waals surface area contributed by atoms with Gasteiger partial charge in [0.2, 0.25) is 4.77 Å².